The number of fused-ring (bicyclic) bond motifs is 1. The van der Waals surface area contributed by atoms with Gasteiger partial charge in [-0.1, -0.05) is 25.7 Å². The first kappa shape index (κ1) is 12.5. The fourth-order valence-corrected chi connectivity index (χ4v) is 3.24. The molecule has 2 aromatic rings. The second-order valence-corrected chi connectivity index (χ2v) is 5.37. The van der Waals surface area contributed by atoms with Crippen LogP contribution in [-0.4, -0.2) is 27.5 Å². The maximum atomic E-state index is 4.55. The van der Waals surface area contributed by atoms with E-state index in [1.807, 2.05) is 6.20 Å². The Kier molecular flexibility index (Phi) is 3.67. The van der Waals surface area contributed by atoms with Gasteiger partial charge in [0.2, 0.25) is 0 Å². The Balaban J connectivity index is 1.94. The number of rotatable bonds is 3. The first-order chi connectivity index (χ1) is 9.40. The zero-order valence-corrected chi connectivity index (χ0v) is 11.6. The van der Waals surface area contributed by atoms with Crippen molar-refractivity contribution in [3.63, 3.8) is 0 Å². The van der Waals surface area contributed by atoms with Crippen LogP contribution in [0.2, 0.25) is 0 Å². The molecule has 2 heterocycles. The number of nitrogens with one attached hydrogen (secondary N) is 1. The van der Waals surface area contributed by atoms with Crippen molar-refractivity contribution >= 4 is 16.9 Å². The Morgan fingerprint density at radius 1 is 1.21 bits per heavy atom. The third-order valence-corrected chi connectivity index (χ3v) is 4.21. The third-order valence-electron chi connectivity index (χ3n) is 4.21. The molecular formula is C15H22N4. The highest BCUT2D eigenvalue weighted by molar-refractivity contribution is 5.87. The Bertz CT molecular complexity index is 526. The lowest BCUT2D eigenvalue weighted by Gasteiger charge is -2.31. The number of aromatic nitrogens is 3. The molecule has 0 saturated heterocycles. The van der Waals surface area contributed by atoms with E-state index in [9.17, 15) is 0 Å². The number of nitrogens with zero attached hydrogens (tertiary/aromatic N) is 3. The monoisotopic (exact) mass is 258 g/mol. The molecule has 3 rings (SSSR count). The molecule has 2 aromatic heterocycles. The molecule has 4 nitrogen and oxygen atoms in total. The molecule has 0 spiro atoms. The number of H-pyrrole nitrogens is 1. The van der Waals surface area contributed by atoms with Gasteiger partial charge < -0.3 is 9.88 Å². The van der Waals surface area contributed by atoms with Crippen LogP contribution in [0.25, 0.3) is 11.0 Å². The van der Waals surface area contributed by atoms with Gasteiger partial charge in [-0.3, -0.25) is 0 Å². The van der Waals surface area contributed by atoms with E-state index in [1.54, 1.807) is 6.33 Å². The lowest BCUT2D eigenvalue weighted by molar-refractivity contribution is 0.530. The Morgan fingerprint density at radius 2 is 2.00 bits per heavy atom. The Labute approximate surface area is 114 Å². The fourth-order valence-electron chi connectivity index (χ4n) is 3.24. The van der Waals surface area contributed by atoms with Crippen LogP contribution in [0.5, 0.6) is 0 Å². The fraction of sp³-hybridized carbons (Fsp3) is 0.600. The second kappa shape index (κ2) is 5.59. The number of hydrogen-bond acceptors (Lipinski definition) is 3. The molecule has 0 bridgehead atoms. The largest absolute Gasteiger partial charge is 0.353 e. The minimum atomic E-state index is 0.639. The van der Waals surface area contributed by atoms with Gasteiger partial charge >= 0.3 is 0 Å². The van der Waals surface area contributed by atoms with Gasteiger partial charge in [-0.15, -0.1) is 0 Å². The quantitative estimate of drug-likeness (QED) is 0.857. The van der Waals surface area contributed by atoms with Crippen LogP contribution in [0.3, 0.4) is 0 Å². The standard InChI is InChI=1S/C15H22N4/c1-2-19(12-7-5-3-4-6-8-12)15-13-9-10-16-14(13)17-11-18-15/h9-12H,2-8H2,1H3,(H,16,17,18). The molecule has 1 fully saturated rings. The highest BCUT2D eigenvalue weighted by Gasteiger charge is 2.22. The molecule has 0 radical (unpaired) electrons. The van der Waals surface area contributed by atoms with Crippen LogP contribution in [0.1, 0.15) is 45.4 Å². The van der Waals surface area contributed by atoms with Crippen molar-refractivity contribution in [3.8, 4) is 0 Å². The normalized spacial score (nSPS) is 17.5. The summed E-state index contributed by atoms with van der Waals surface area (Å²) in [7, 11) is 0. The second-order valence-electron chi connectivity index (χ2n) is 5.37. The van der Waals surface area contributed by atoms with E-state index in [-0.39, 0.29) is 0 Å². The van der Waals surface area contributed by atoms with Gasteiger partial charge in [0.05, 0.1) is 5.39 Å². The molecule has 102 valence electrons. The summed E-state index contributed by atoms with van der Waals surface area (Å²) in [6.07, 6.45) is 11.7. The lowest BCUT2D eigenvalue weighted by atomic mass is 10.1. The smallest absolute Gasteiger partial charge is 0.142 e. The van der Waals surface area contributed by atoms with E-state index in [2.05, 4.69) is 32.8 Å². The summed E-state index contributed by atoms with van der Waals surface area (Å²) in [5, 5.41) is 1.15. The topological polar surface area (TPSA) is 44.8 Å². The first-order valence-electron chi connectivity index (χ1n) is 7.45. The van der Waals surface area contributed by atoms with Crippen molar-refractivity contribution in [3.05, 3.63) is 18.6 Å². The maximum absolute atomic E-state index is 4.55. The van der Waals surface area contributed by atoms with Crippen LogP contribution in [0.15, 0.2) is 18.6 Å². The van der Waals surface area contributed by atoms with E-state index in [0.29, 0.717) is 6.04 Å². The maximum Gasteiger partial charge on any atom is 0.142 e. The number of anilines is 1. The molecule has 4 heteroatoms. The average molecular weight is 258 g/mol. The van der Waals surface area contributed by atoms with Gasteiger partial charge in [0.1, 0.15) is 17.8 Å². The molecule has 0 atom stereocenters. The van der Waals surface area contributed by atoms with Crippen molar-refractivity contribution in [2.24, 2.45) is 0 Å². The van der Waals surface area contributed by atoms with Crippen LogP contribution in [-0.2, 0) is 0 Å². The average Bonchev–Trinajstić information content (AvgIpc) is 2.76. The Morgan fingerprint density at radius 3 is 2.74 bits per heavy atom. The highest BCUT2D eigenvalue weighted by atomic mass is 15.2. The van der Waals surface area contributed by atoms with Gasteiger partial charge in [-0.2, -0.15) is 0 Å². The molecular weight excluding hydrogens is 236 g/mol. The molecule has 0 amide bonds. The van der Waals surface area contributed by atoms with Gasteiger partial charge in [0.25, 0.3) is 0 Å². The summed E-state index contributed by atoms with van der Waals surface area (Å²) in [5.74, 6) is 1.10. The summed E-state index contributed by atoms with van der Waals surface area (Å²) in [4.78, 5) is 14.5. The van der Waals surface area contributed by atoms with Crippen LogP contribution < -0.4 is 4.90 Å². The van der Waals surface area contributed by atoms with E-state index < -0.39 is 0 Å². The lowest BCUT2D eigenvalue weighted by Crippen LogP contribution is -2.35. The zero-order valence-electron chi connectivity index (χ0n) is 11.6. The molecule has 1 aliphatic rings. The minimum absolute atomic E-state index is 0.639. The van der Waals surface area contributed by atoms with Gasteiger partial charge in [-0.05, 0) is 25.8 Å². The SMILES string of the molecule is CCN(c1ncnc2[nH]ccc12)C1CCCCCC1. The van der Waals surface area contributed by atoms with Crippen molar-refractivity contribution in [1.82, 2.24) is 15.0 Å². The summed E-state index contributed by atoms with van der Waals surface area (Å²) in [6, 6.07) is 2.73. The molecule has 0 aromatic carbocycles. The molecule has 0 aliphatic heterocycles. The van der Waals surface area contributed by atoms with Crippen molar-refractivity contribution in [2.75, 3.05) is 11.4 Å². The van der Waals surface area contributed by atoms with E-state index in [4.69, 9.17) is 0 Å². The summed E-state index contributed by atoms with van der Waals surface area (Å²) < 4.78 is 0. The van der Waals surface area contributed by atoms with Gasteiger partial charge in [0.15, 0.2) is 0 Å². The number of hydrogen-bond donors (Lipinski definition) is 1. The van der Waals surface area contributed by atoms with Gasteiger partial charge in [0, 0.05) is 18.8 Å². The van der Waals surface area contributed by atoms with Crippen molar-refractivity contribution in [1.29, 1.82) is 0 Å². The third kappa shape index (κ3) is 2.44. The summed E-state index contributed by atoms with van der Waals surface area (Å²) in [6.45, 7) is 3.24. The first-order valence-corrected chi connectivity index (χ1v) is 7.45. The van der Waals surface area contributed by atoms with Crippen LogP contribution >= 0.6 is 0 Å². The molecule has 1 N–H and O–H groups in total. The summed E-state index contributed by atoms with van der Waals surface area (Å²) in [5.41, 5.74) is 0.942. The van der Waals surface area contributed by atoms with E-state index in [0.717, 1.165) is 23.4 Å². The number of aromatic amines is 1. The molecule has 1 aliphatic carbocycles. The van der Waals surface area contributed by atoms with E-state index >= 15 is 0 Å². The van der Waals surface area contributed by atoms with Crippen molar-refractivity contribution in [2.45, 2.75) is 51.5 Å². The zero-order chi connectivity index (χ0) is 13.1. The Hall–Kier alpha value is -1.58. The van der Waals surface area contributed by atoms with Crippen LogP contribution in [0, 0.1) is 0 Å². The minimum Gasteiger partial charge on any atom is -0.353 e. The summed E-state index contributed by atoms with van der Waals surface area (Å²) >= 11 is 0. The predicted molar refractivity (Wildman–Crippen MR) is 78.4 cm³/mol. The van der Waals surface area contributed by atoms with E-state index in [1.165, 1.54) is 38.5 Å². The highest BCUT2D eigenvalue weighted by Crippen LogP contribution is 2.29. The molecule has 0 unspecified atom stereocenters. The van der Waals surface area contributed by atoms with Gasteiger partial charge in [-0.25, -0.2) is 9.97 Å². The predicted octanol–water partition coefficient (Wildman–Crippen LogP) is 3.51. The van der Waals surface area contributed by atoms with Crippen LogP contribution in [0.4, 0.5) is 5.82 Å². The molecule has 1 saturated carbocycles. The van der Waals surface area contributed by atoms with Crippen molar-refractivity contribution < 1.29 is 0 Å². The molecule has 19 heavy (non-hydrogen) atoms.